The summed E-state index contributed by atoms with van der Waals surface area (Å²) in [4.78, 5) is 39.7. The smallest absolute Gasteiger partial charge is 0.408 e. The summed E-state index contributed by atoms with van der Waals surface area (Å²) in [6.07, 6.45) is 0.953. The van der Waals surface area contributed by atoms with Crippen molar-refractivity contribution in [3.63, 3.8) is 0 Å². The number of aliphatic carboxylic acids is 1. The number of carbonyl (C=O) groups excluding carboxylic acids is 2. The standard InChI is InChI=1S/C28H32N2O5/c1-3-28(4-2,26(33)30-14-13-21-22(15-30)24(21)25(31)32)29-27(34)35-16-23-19-11-7-5-9-17(19)18-10-6-8-12-20(18)23/h5-12,21-24H,3-4,13-16H2,1-2H3,(H,29,34)(H,31,32)/t21-,22+,24?/m1/s1. The molecular weight excluding hydrogens is 444 g/mol. The van der Waals surface area contributed by atoms with E-state index in [4.69, 9.17) is 4.74 Å². The number of ether oxygens (including phenoxy) is 1. The minimum absolute atomic E-state index is 0.0195. The minimum Gasteiger partial charge on any atom is -0.481 e. The number of rotatable bonds is 7. The van der Waals surface area contributed by atoms with Gasteiger partial charge in [-0.15, -0.1) is 0 Å². The number of benzene rings is 2. The lowest BCUT2D eigenvalue weighted by Gasteiger charge is -2.38. The van der Waals surface area contributed by atoms with Crippen molar-refractivity contribution in [1.29, 1.82) is 0 Å². The molecule has 35 heavy (non-hydrogen) atoms. The van der Waals surface area contributed by atoms with E-state index in [0.717, 1.165) is 22.3 Å². The molecule has 7 heteroatoms. The Bertz CT molecular complexity index is 1110. The van der Waals surface area contributed by atoms with Crippen molar-refractivity contribution >= 4 is 18.0 Å². The summed E-state index contributed by atoms with van der Waals surface area (Å²) in [6, 6.07) is 16.3. The summed E-state index contributed by atoms with van der Waals surface area (Å²) >= 11 is 0. The highest BCUT2D eigenvalue weighted by Gasteiger charge is 2.58. The van der Waals surface area contributed by atoms with E-state index < -0.39 is 17.6 Å². The molecule has 2 amide bonds. The molecule has 2 aromatic rings. The van der Waals surface area contributed by atoms with Gasteiger partial charge in [-0.3, -0.25) is 9.59 Å². The maximum Gasteiger partial charge on any atom is 0.408 e. The van der Waals surface area contributed by atoms with Crippen LogP contribution in [0.2, 0.25) is 0 Å². The van der Waals surface area contributed by atoms with Crippen molar-refractivity contribution in [2.75, 3.05) is 19.7 Å². The second-order valence-corrected chi connectivity index (χ2v) is 9.97. The number of likely N-dealkylation sites (tertiary alicyclic amines) is 1. The summed E-state index contributed by atoms with van der Waals surface area (Å²) in [6.45, 7) is 4.92. The maximum atomic E-state index is 13.6. The van der Waals surface area contributed by atoms with Crippen molar-refractivity contribution in [3.05, 3.63) is 59.7 Å². The molecule has 1 aliphatic heterocycles. The first-order valence-corrected chi connectivity index (χ1v) is 12.6. The maximum absolute atomic E-state index is 13.6. The number of nitrogens with one attached hydrogen (secondary N) is 1. The van der Waals surface area contributed by atoms with Gasteiger partial charge >= 0.3 is 12.1 Å². The number of carbonyl (C=O) groups is 3. The molecule has 5 rings (SSSR count). The van der Waals surface area contributed by atoms with Gasteiger partial charge in [-0.2, -0.15) is 0 Å². The highest BCUT2D eigenvalue weighted by Crippen LogP contribution is 2.52. The number of carboxylic acids is 1. The van der Waals surface area contributed by atoms with E-state index in [1.165, 1.54) is 0 Å². The van der Waals surface area contributed by atoms with Crippen LogP contribution in [0, 0.1) is 17.8 Å². The molecule has 3 aliphatic rings. The molecule has 7 nitrogen and oxygen atoms in total. The van der Waals surface area contributed by atoms with Gasteiger partial charge in [0.15, 0.2) is 0 Å². The molecule has 0 bridgehead atoms. The number of carboxylic acid groups (broad SMARTS) is 1. The van der Waals surface area contributed by atoms with Crippen LogP contribution < -0.4 is 5.32 Å². The van der Waals surface area contributed by atoms with Crippen molar-refractivity contribution in [3.8, 4) is 11.1 Å². The SMILES string of the molecule is CCC(CC)(NC(=O)OCC1c2ccccc2-c2ccccc21)C(=O)N1CC[C@H]2C(C(=O)O)[C@H]2C1. The Morgan fingerprint density at radius 1 is 1.00 bits per heavy atom. The number of nitrogens with zero attached hydrogens (tertiary/aromatic N) is 1. The minimum atomic E-state index is -1.07. The van der Waals surface area contributed by atoms with Gasteiger partial charge in [0, 0.05) is 19.0 Å². The van der Waals surface area contributed by atoms with Crippen LogP contribution in [0.15, 0.2) is 48.5 Å². The average Bonchev–Trinajstić information content (AvgIpc) is 3.53. The zero-order chi connectivity index (χ0) is 24.7. The van der Waals surface area contributed by atoms with Gasteiger partial charge in [-0.1, -0.05) is 62.4 Å². The van der Waals surface area contributed by atoms with Crippen LogP contribution in [0.3, 0.4) is 0 Å². The first kappa shape index (κ1) is 23.4. The highest BCUT2D eigenvalue weighted by molar-refractivity contribution is 5.90. The molecule has 1 unspecified atom stereocenters. The Morgan fingerprint density at radius 2 is 1.60 bits per heavy atom. The van der Waals surface area contributed by atoms with E-state index in [2.05, 4.69) is 29.6 Å². The molecule has 2 N–H and O–H groups in total. The van der Waals surface area contributed by atoms with Gasteiger partial charge < -0.3 is 20.1 Å². The van der Waals surface area contributed by atoms with Crippen LogP contribution >= 0.6 is 0 Å². The number of fused-ring (bicyclic) bond motifs is 4. The van der Waals surface area contributed by atoms with E-state index >= 15 is 0 Å². The van der Waals surface area contributed by atoms with Crippen LogP contribution in [0.1, 0.15) is 50.2 Å². The Kier molecular flexibility index (Phi) is 6.03. The Balaban J connectivity index is 1.26. The molecule has 0 spiro atoms. The van der Waals surface area contributed by atoms with Gasteiger partial charge in [0.2, 0.25) is 5.91 Å². The highest BCUT2D eigenvalue weighted by atomic mass is 16.5. The summed E-state index contributed by atoms with van der Waals surface area (Å²) in [7, 11) is 0. The first-order chi connectivity index (χ1) is 16.9. The lowest BCUT2D eigenvalue weighted by molar-refractivity contribution is -0.141. The fourth-order valence-corrected chi connectivity index (χ4v) is 6.20. The third kappa shape index (κ3) is 3.97. The van der Waals surface area contributed by atoms with Crippen LogP contribution in [0.25, 0.3) is 11.1 Å². The molecule has 2 fully saturated rings. The fourth-order valence-electron chi connectivity index (χ4n) is 6.20. The monoisotopic (exact) mass is 476 g/mol. The molecule has 3 atom stereocenters. The fraction of sp³-hybridized carbons (Fsp3) is 0.464. The number of amides is 2. The van der Waals surface area contributed by atoms with Crippen molar-refractivity contribution in [2.24, 2.45) is 17.8 Å². The second kappa shape index (κ2) is 9.02. The van der Waals surface area contributed by atoms with Crippen molar-refractivity contribution in [1.82, 2.24) is 10.2 Å². The van der Waals surface area contributed by atoms with Crippen molar-refractivity contribution in [2.45, 2.75) is 44.6 Å². The van der Waals surface area contributed by atoms with Crippen LogP contribution in [-0.2, 0) is 14.3 Å². The van der Waals surface area contributed by atoms with E-state index in [1.807, 2.05) is 38.1 Å². The Labute approximate surface area is 205 Å². The van der Waals surface area contributed by atoms with E-state index in [0.29, 0.717) is 32.4 Å². The zero-order valence-corrected chi connectivity index (χ0v) is 20.2. The van der Waals surface area contributed by atoms with Crippen LogP contribution in [-0.4, -0.2) is 53.2 Å². The topological polar surface area (TPSA) is 95.9 Å². The van der Waals surface area contributed by atoms with E-state index in [9.17, 15) is 19.5 Å². The molecule has 184 valence electrons. The van der Waals surface area contributed by atoms with Gasteiger partial charge in [0.25, 0.3) is 0 Å². The number of hydrogen-bond donors (Lipinski definition) is 2. The molecule has 0 radical (unpaired) electrons. The van der Waals surface area contributed by atoms with Gasteiger partial charge in [0.1, 0.15) is 12.1 Å². The Morgan fingerprint density at radius 3 is 2.17 bits per heavy atom. The molecule has 2 aromatic carbocycles. The second-order valence-electron chi connectivity index (χ2n) is 9.97. The van der Waals surface area contributed by atoms with Crippen LogP contribution in [0.5, 0.6) is 0 Å². The lowest BCUT2D eigenvalue weighted by Crippen LogP contribution is -2.60. The predicted octanol–water partition coefficient (Wildman–Crippen LogP) is 4.26. The van der Waals surface area contributed by atoms with E-state index in [1.54, 1.807) is 4.90 Å². The molecule has 1 saturated heterocycles. The van der Waals surface area contributed by atoms with Crippen LogP contribution in [0.4, 0.5) is 4.79 Å². The molecular formula is C28H32N2O5. The van der Waals surface area contributed by atoms with Gasteiger partial charge in [-0.05, 0) is 53.4 Å². The number of piperidine rings is 1. The van der Waals surface area contributed by atoms with Crippen molar-refractivity contribution < 1.29 is 24.2 Å². The normalized spacial score (nSPS) is 22.6. The molecule has 2 aliphatic carbocycles. The van der Waals surface area contributed by atoms with Gasteiger partial charge in [-0.25, -0.2) is 4.79 Å². The van der Waals surface area contributed by atoms with Gasteiger partial charge in [0.05, 0.1) is 5.92 Å². The first-order valence-electron chi connectivity index (χ1n) is 12.6. The Hall–Kier alpha value is -3.35. The number of alkyl carbamates (subject to hydrolysis) is 1. The summed E-state index contributed by atoms with van der Waals surface area (Å²) in [5.41, 5.74) is 3.52. The summed E-state index contributed by atoms with van der Waals surface area (Å²) < 4.78 is 5.72. The molecule has 1 saturated carbocycles. The third-order valence-corrected chi connectivity index (χ3v) is 8.37. The zero-order valence-electron chi connectivity index (χ0n) is 20.2. The van der Waals surface area contributed by atoms with E-state index in [-0.39, 0.29) is 36.2 Å². The lowest BCUT2D eigenvalue weighted by atomic mass is 9.90. The summed E-state index contributed by atoms with van der Waals surface area (Å²) in [5, 5.41) is 12.3. The molecule has 1 heterocycles. The summed E-state index contributed by atoms with van der Waals surface area (Å²) in [5.74, 6) is -1.13. The largest absolute Gasteiger partial charge is 0.481 e. The number of hydrogen-bond acceptors (Lipinski definition) is 4. The predicted molar refractivity (Wildman–Crippen MR) is 131 cm³/mol. The molecule has 0 aromatic heterocycles. The third-order valence-electron chi connectivity index (χ3n) is 8.37. The average molecular weight is 477 g/mol. The quantitative estimate of drug-likeness (QED) is 0.622.